The molecule has 0 unspecified atom stereocenters. The first kappa shape index (κ1) is 24.5. The number of amides is 1. The van der Waals surface area contributed by atoms with E-state index in [1.54, 1.807) is 0 Å². The number of hydrogen-bond acceptors (Lipinski definition) is 3. The number of alkyl carbamates (subject to hydrolysis) is 1. The Kier molecular flexibility index (Phi) is 12.1. The maximum Gasteiger partial charge on any atom is 0.407 e. The third-order valence-corrected chi connectivity index (χ3v) is 7.27. The van der Waals surface area contributed by atoms with Crippen LogP contribution in [0, 0.1) is 17.8 Å². The molecule has 0 bridgehead atoms. The largest absolute Gasteiger partial charge is 0.448 e. The summed E-state index contributed by atoms with van der Waals surface area (Å²) in [7, 11) is 0. The van der Waals surface area contributed by atoms with Gasteiger partial charge in [-0.2, -0.15) is 0 Å². The molecule has 1 N–H and O–H groups in total. The van der Waals surface area contributed by atoms with E-state index in [1.165, 1.54) is 70.6 Å². The van der Waals surface area contributed by atoms with E-state index in [0.29, 0.717) is 12.6 Å². The van der Waals surface area contributed by atoms with Gasteiger partial charge in [0.05, 0.1) is 0 Å². The van der Waals surface area contributed by atoms with Crippen molar-refractivity contribution in [3.63, 3.8) is 0 Å². The Bertz CT molecular complexity index is 419. The van der Waals surface area contributed by atoms with E-state index in [2.05, 4.69) is 31.0 Å². The van der Waals surface area contributed by atoms with E-state index in [0.717, 1.165) is 50.2 Å². The summed E-state index contributed by atoms with van der Waals surface area (Å²) in [5.74, 6) is 2.80. The Labute approximate surface area is 180 Å². The maximum atomic E-state index is 12.2. The summed E-state index contributed by atoms with van der Waals surface area (Å²) in [6.07, 6.45) is 16.6. The predicted molar refractivity (Wildman–Crippen MR) is 122 cm³/mol. The van der Waals surface area contributed by atoms with Crippen LogP contribution in [0.3, 0.4) is 0 Å². The quantitative estimate of drug-likeness (QED) is 0.407. The number of carbonyl (C=O) groups excluding carboxylic acids is 1. The molecule has 0 aromatic rings. The predicted octanol–water partition coefficient (Wildman–Crippen LogP) is 6.39. The van der Waals surface area contributed by atoms with Gasteiger partial charge in [0.25, 0.3) is 0 Å². The van der Waals surface area contributed by atoms with Gasteiger partial charge in [-0.05, 0) is 75.8 Å². The molecule has 0 saturated heterocycles. The minimum Gasteiger partial charge on any atom is -0.448 e. The molecule has 0 aliphatic heterocycles. The van der Waals surface area contributed by atoms with Crippen molar-refractivity contribution in [1.29, 1.82) is 0 Å². The summed E-state index contributed by atoms with van der Waals surface area (Å²) in [6.45, 7) is 10.5. The Morgan fingerprint density at radius 1 is 0.862 bits per heavy atom. The van der Waals surface area contributed by atoms with Gasteiger partial charge in [0, 0.05) is 12.6 Å². The van der Waals surface area contributed by atoms with Crippen LogP contribution >= 0.6 is 0 Å². The highest BCUT2D eigenvalue weighted by Gasteiger charge is 2.26. The molecule has 4 nitrogen and oxygen atoms in total. The Hall–Kier alpha value is -0.770. The van der Waals surface area contributed by atoms with Crippen LogP contribution < -0.4 is 5.32 Å². The maximum absolute atomic E-state index is 12.2. The zero-order valence-electron chi connectivity index (χ0n) is 19.6. The van der Waals surface area contributed by atoms with E-state index in [-0.39, 0.29) is 6.09 Å². The molecule has 0 radical (unpaired) electrons. The fraction of sp³-hybridized carbons (Fsp3) is 0.960. The first-order chi connectivity index (χ1) is 14.1. The smallest absolute Gasteiger partial charge is 0.407 e. The van der Waals surface area contributed by atoms with Crippen molar-refractivity contribution in [3.05, 3.63) is 0 Å². The van der Waals surface area contributed by atoms with Crippen LogP contribution in [0.5, 0.6) is 0 Å². The number of carbonyl (C=O) groups is 1. The number of rotatable bonds is 12. The molecule has 0 heterocycles. The molecule has 4 heteroatoms. The number of nitrogens with one attached hydrogen (secondary N) is 1. The third-order valence-electron chi connectivity index (χ3n) is 7.27. The van der Waals surface area contributed by atoms with Gasteiger partial charge in [-0.1, -0.05) is 59.3 Å². The van der Waals surface area contributed by atoms with Crippen LogP contribution in [0.2, 0.25) is 0 Å². The second-order valence-electron chi connectivity index (χ2n) is 9.91. The summed E-state index contributed by atoms with van der Waals surface area (Å²) in [6, 6.07) is 0.321. The summed E-state index contributed by atoms with van der Waals surface area (Å²) < 4.78 is 5.50. The van der Waals surface area contributed by atoms with Crippen molar-refractivity contribution < 1.29 is 9.53 Å². The second kappa shape index (κ2) is 14.3. The average Bonchev–Trinajstić information content (AvgIpc) is 2.72. The minimum absolute atomic E-state index is 0.208. The first-order valence-electron chi connectivity index (χ1n) is 12.8. The van der Waals surface area contributed by atoms with Crippen LogP contribution in [0.1, 0.15) is 104 Å². The molecule has 2 fully saturated rings. The van der Waals surface area contributed by atoms with Crippen LogP contribution in [0.15, 0.2) is 0 Å². The molecule has 1 amide bonds. The average molecular weight is 409 g/mol. The lowest BCUT2D eigenvalue weighted by atomic mass is 9.75. The molecule has 2 saturated carbocycles. The van der Waals surface area contributed by atoms with E-state index in [4.69, 9.17) is 4.74 Å². The number of unbranched alkanes of at least 4 members (excludes halogenated alkanes) is 2. The Morgan fingerprint density at radius 2 is 1.41 bits per heavy atom. The minimum atomic E-state index is -0.208. The molecule has 0 aromatic carbocycles. The normalized spacial score (nSPS) is 27.7. The summed E-state index contributed by atoms with van der Waals surface area (Å²) >= 11 is 0. The summed E-state index contributed by atoms with van der Waals surface area (Å²) in [4.78, 5) is 14.6. The molecule has 2 aliphatic rings. The molecule has 0 spiro atoms. The van der Waals surface area contributed by atoms with E-state index in [9.17, 15) is 4.79 Å². The Balaban J connectivity index is 1.56. The van der Waals surface area contributed by atoms with Crippen LogP contribution in [-0.4, -0.2) is 43.3 Å². The molecule has 0 aromatic heterocycles. The lowest BCUT2D eigenvalue weighted by Gasteiger charge is -2.33. The standard InChI is InChI=1S/C25H48N2O2/c1-4-6-16-27(17-7-5-2)18-19-29-25(28)26-24-14-12-23(13-15-24)20-22-10-8-21(3)9-11-22/h21-24H,4-20H2,1-3H3,(H,26,28). The molecular formula is C25H48N2O2. The van der Waals surface area contributed by atoms with Gasteiger partial charge in [0.2, 0.25) is 0 Å². The first-order valence-corrected chi connectivity index (χ1v) is 12.8. The van der Waals surface area contributed by atoms with Crippen molar-refractivity contribution in [1.82, 2.24) is 10.2 Å². The molecule has 170 valence electrons. The summed E-state index contributed by atoms with van der Waals surface area (Å²) in [5, 5.41) is 3.13. The van der Waals surface area contributed by atoms with Crippen molar-refractivity contribution in [2.24, 2.45) is 17.8 Å². The van der Waals surface area contributed by atoms with E-state index < -0.39 is 0 Å². The molecule has 29 heavy (non-hydrogen) atoms. The fourth-order valence-electron chi connectivity index (χ4n) is 5.15. The van der Waals surface area contributed by atoms with E-state index in [1.807, 2.05) is 0 Å². The topological polar surface area (TPSA) is 41.6 Å². The van der Waals surface area contributed by atoms with Gasteiger partial charge in [0.1, 0.15) is 6.61 Å². The van der Waals surface area contributed by atoms with Crippen LogP contribution in [0.4, 0.5) is 4.79 Å². The lowest BCUT2D eigenvalue weighted by Crippen LogP contribution is -2.39. The lowest BCUT2D eigenvalue weighted by molar-refractivity contribution is 0.118. The van der Waals surface area contributed by atoms with Gasteiger partial charge < -0.3 is 10.1 Å². The van der Waals surface area contributed by atoms with Gasteiger partial charge in [-0.3, -0.25) is 4.90 Å². The highest BCUT2D eigenvalue weighted by Crippen LogP contribution is 2.36. The zero-order chi connectivity index (χ0) is 20.9. The second-order valence-corrected chi connectivity index (χ2v) is 9.91. The monoisotopic (exact) mass is 408 g/mol. The molecule has 2 aliphatic carbocycles. The highest BCUT2D eigenvalue weighted by atomic mass is 16.5. The van der Waals surface area contributed by atoms with Gasteiger partial charge in [-0.25, -0.2) is 4.79 Å². The van der Waals surface area contributed by atoms with Gasteiger partial charge in [0.15, 0.2) is 0 Å². The van der Waals surface area contributed by atoms with Crippen LogP contribution in [-0.2, 0) is 4.74 Å². The van der Waals surface area contributed by atoms with Crippen molar-refractivity contribution in [2.75, 3.05) is 26.2 Å². The van der Waals surface area contributed by atoms with Crippen molar-refractivity contribution in [3.8, 4) is 0 Å². The van der Waals surface area contributed by atoms with E-state index >= 15 is 0 Å². The molecular weight excluding hydrogens is 360 g/mol. The highest BCUT2D eigenvalue weighted by molar-refractivity contribution is 5.67. The SMILES string of the molecule is CCCCN(CCCC)CCOC(=O)NC1CCC(CC2CCC(C)CC2)CC1. The molecule has 2 rings (SSSR count). The fourth-order valence-corrected chi connectivity index (χ4v) is 5.15. The zero-order valence-corrected chi connectivity index (χ0v) is 19.6. The van der Waals surface area contributed by atoms with Crippen molar-refractivity contribution >= 4 is 6.09 Å². The number of hydrogen-bond donors (Lipinski definition) is 1. The van der Waals surface area contributed by atoms with Gasteiger partial charge in [-0.15, -0.1) is 0 Å². The number of ether oxygens (including phenoxy) is 1. The van der Waals surface area contributed by atoms with Crippen LogP contribution in [0.25, 0.3) is 0 Å². The van der Waals surface area contributed by atoms with Gasteiger partial charge >= 0.3 is 6.09 Å². The van der Waals surface area contributed by atoms with Crippen molar-refractivity contribution in [2.45, 2.75) is 110 Å². The third kappa shape index (κ3) is 10.2. The number of nitrogens with zero attached hydrogens (tertiary/aromatic N) is 1. The Morgan fingerprint density at radius 3 is 1.97 bits per heavy atom. The summed E-state index contributed by atoms with van der Waals surface area (Å²) in [5.41, 5.74) is 0. The molecule has 0 atom stereocenters.